The lowest BCUT2D eigenvalue weighted by Crippen LogP contribution is -2.46. The molecular formula is C25H25FN4O4S. The van der Waals surface area contributed by atoms with E-state index in [1.165, 1.54) is 19.2 Å². The van der Waals surface area contributed by atoms with Gasteiger partial charge in [0.25, 0.3) is 5.91 Å². The van der Waals surface area contributed by atoms with Crippen LogP contribution < -0.4 is 10.1 Å². The van der Waals surface area contributed by atoms with Crippen molar-refractivity contribution in [1.82, 2.24) is 20.1 Å². The molecule has 1 saturated heterocycles. The third-order valence-electron chi connectivity index (χ3n) is 6.18. The molecule has 4 aromatic rings. The van der Waals surface area contributed by atoms with Crippen LogP contribution in [0.1, 0.15) is 23.7 Å². The molecule has 3 N–H and O–H groups in total. The maximum absolute atomic E-state index is 13.6. The molecule has 1 amide bonds. The van der Waals surface area contributed by atoms with Crippen molar-refractivity contribution < 1.29 is 23.0 Å². The number of benzene rings is 2. The van der Waals surface area contributed by atoms with Gasteiger partial charge in [0.1, 0.15) is 11.5 Å². The van der Waals surface area contributed by atoms with Crippen LogP contribution in [0.2, 0.25) is 0 Å². The highest BCUT2D eigenvalue weighted by Gasteiger charge is 2.39. The summed E-state index contributed by atoms with van der Waals surface area (Å²) in [5.41, 5.74) is 2.45. The molecule has 5 rings (SSSR count). The van der Waals surface area contributed by atoms with E-state index in [0.717, 1.165) is 10.9 Å². The first-order valence-electron chi connectivity index (χ1n) is 11.0. The minimum atomic E-state index is -2.67. The molecule has 1 aliphatic rings. The Balaban J connectivity index is 1.59. The fraction of sp³-hybridized carbons (Fsp3) is 0.240. The average Bonchev–Trinajstić information content (AvgIpc) is 3.35. The SMILES string of the molecule is COc1cc(-c2nn(-c3ccc(F)cc3)c3cc(C(=O)NC4(C)CCS(O)(O)C4)ccc23)ccn1. The molecule has 3 heterocycles. The van der Waals surface area contributed by atoms with E-state index < -0.39 is 16.1 Å². The van der Waals surface area contributed by atoms with Crippen molar-refractivity contribution in [3.8, 4) is 22.8 Å². The highest BCUT2D eigenvalue weighted by molar-refractivity contribution is 8.24. The normalized spacial score (nSPS) is 20.0. The Morgan fingerprint density at radius 3 is 2.63 bits per heavy atom. The van der Waals surface area contributed by atoms with Crippen LogP contribution in [0.4, 0.5) is 4.39 Å². The monoisotopic (exact) mass is 496 g/mol. The number of fused-ring (bicyclic) bond motifs is 1. The number of aromatic nitrogens is 3. The molecule has 1 aliphatic heterocycles. The number of halogens is 1. The number of pyridine rings is 1. The number of nitrogens with zero attached hydrogens (tertiary/aromatic N) is 3. The zero-order chi connectivity index (χ0) is 24.8. The second kappa shape index (κ2) is 8.63. The number of nitrogens with one attached hydrogen (secondary N) is 1. The van der Waals surface area contributed by atoms with Gasteiger partial charge < -0.3 is 10.1 Å². The molecule has 0 bridgehead atoms. The van der Waals surface area contributed by atoms with Crippen LogP contribution in [0.25, 0.3) is 27.8 Å². The Hall–Kier alpha value is -3.47. The molecule has 10 heteroatoms. The standard InChI is InChI=1S/C25H25FN4O4S/c1-25(10-12-35(32,33)15-25)28-24(31)17-3-8-20-21(13-17)30(19-6-4-18(26)5-7-19)29-23(20)16-9-11-27-22(14-16)34-2/h3-9,11,13-14,32-33H,10,12,15H2,1-2H3,(H,28,31). The lowest BCUT2D eigenvalue weighted by atomic mass is 10.0. The summed E-state index contributed by atoms with van der Waals surface area (Å²) in [6, 6.07) is 14.8. The minimum absolute atomic E-state index is 0.134. The summed E-state index contributed by atoms with van der Waals surface area (Å²) in [4.78, 5) is 17.3. The van der Waals surface area contributed by atoms with Gasteiger partial charge in [-0.1, -0.05) is 0 Å². The van der Waals surface area contributed by atoms with Gasteiger partial charge in [0, 0.05) is 34.5 Å². The van der Waals surface area contributed by atoms with Gasteiger partial charge in [-0.2, -0.15) is 15.7 Å². The number of methoxy groups -OCH3 is 1. The van der Waals surface area contributed by atoms with Crippen LogP contribution in [0.5, 0.6) is 5.88 Å². The number of ether oxygens (including phenoxy) is 1. The number of rotatable bonds is 5. The Morgan fingerprint density at radius 2 is 1.94 bits per heavy atom. The zero-order valence-electron chi connectivity index (χ0n) is 19.2. The summed E-state index contributed by atoms with van der Waals surface area (Å²) in [6.07, 6.45) is 2.12. The molecule has 35 heavy (non-hydrogen) atoms. The molecule has 1 unspecified atom stereocenters. The largest absolute Gasteiger partial charge is 0.481 e. The summed E-state index contributed by atoms with van der Waals surface area (Å²) in [6.45, 7) is 1.82. The molecule has 2 aromatic carbocycles. The van der Waals surface area contributed by atoms with Crippen molar-refractivity contribution in [2.24, 2.45) is 0 Å². The zero-order valence-corrected chi connectivity index (χ0v) is 20.1. The van der Waals surface area contributed by atoms with Crippen molar-refractivity contribution in [1.29, 1.82) is 0 Å². The fourth-order valence-corrected chi connectivity index (χ4v) is 6.56. The van der Waals surface area contributed by atoms with E-state index in [1.807, 2.05) is 19.1 Å². The molecule has 8 nitrogen and oxygen atoms in total. The van der Waals surface area contributed by atoms with Crippen LogP contribution in [0, 0.1) is 5.82 Å². The van der Waals surface area contributed by atoms with Crippen molar-refractivity contribution in [2.45, 2.75) is 18.9 Å². The number of carbonyl (C=O) groups is 1. The van der Waals surface area contributed by atoms with E-state index in [0.29, 0.717) is 34.8 Å². The van der Waals surface area contributed by atoms with Gasteiger partial charge in [-0.25, -0.2) is 14.1 Å². The predicted molar refractivity (Wildman–Crippen MR) is 134 cm³/mol. The van der Waals surface area contributed by atoms with Gasteiger partial charge in [-0.15, -0.1) is 0 Å². The summed E-state index contributed by atoms with van der Waals surface area (Å²) in [7, 11) is -1.13. The Labute approximate surface area is 203 Å². The molecule has 1 atom stereocenters. The van der Waals surface area contributed by atoms with Crippen LogP contribution in [-0.4, -0.2) is 53.9 Å². The molecular weight excluding hydrogens is 471 g/mol. The van der Waals surface area contributed by atoms with Crippen molar-refractivity contribution in [2.75, 3.05) is 18.6 Å². The van der Waals surface area contributed by atoms with Crippen LogP contribution in [0.15, 0.2) is 60.8 Å². The summed E-state index contributed by atoms with van der Waals surface area (Å²) in [5.74, 6) is 0.179. The summed E-state index contributed by atoms with van der Waals surface area (Å²) >= 11 is 0. The van der Waals surface area contributed by atoms with Gasteiger partial charge in [0.05, 0.1) is 29.6 Å². The van der Waals surface area contributed by atoms with Crippen LogP contribution in [-0.2, 0) is 0 Å². The second-order valence-corrected chi connectivity index (χ2v) is 11.3. The lowest BCUT2D eigenvalue weighted by molar-refractivity contribution is 0.0915. The summed E-state index contributed by atoms with van der Waals surface area (Å²) in [5, 5.41) is 8.55. The molecule has 0 radical (unpaired) electrons. The number of hydrogen-bond donors (Lipinski definition) is 3. The number of carbonyl (C=O) groups excluding carboxylic acids is 1. The molecule has 1 fully saturated rings. The van der Waals surface area contributed by atoms with E-state index >= 15 is 0 Å². The maximum Gasteiger partial charge on any atom is 0.251 e. The quantitative estimate of drug-likeness (QED) is 0.363. The Kier molecular flexibility index (Phi) is 5.74. The molecule has 0 spiro atoms. The van der Waals surface area contributed by atoms with Gasteiger partial charge >= 0.3 is 0 Å². The minimum Gasteiger partial charge on any atom is -0.481 e. The first kappa shape index (κ1) is 23.3. The van der Waals surface area contributed by atoms with Crippen molar-refractivity contribution in [3.63, 3.8) is 0 Å². The van der Waals surface area contributed by atoms with E-state index in [1.54, 1.807) is 41.2 Å². The maximum atomic E-state index is 13.6. The number of amides is 1. The third-order valence-corrected chi connectivity index (χ3v) is 8.14. The first-order chi connectivity index (χ1) is 16.7. The van der Waals surface area contributed by atoms with E-state index in [-0.39, 0.29) is 23.2 Å². The summed E-state index contributed by atoms with van der Waals surface area (Å²) < 4.78 is 40.6. The van der Waals surface area contributed by atoms with Crippen LogP contribution >= 0.6 is 10.6 Å². The van der Waals surface area contributed by atoms with Gasteiger partial charge in [0.15, 0.2) is 0 Å². The number of hydrogen-bond acceptors (Lipinski definition) is 6. The predicted octanol–water partition coefficient (Wildman–Crippen LogP) is 4.88. The molecule has 2 aromatic heterocycles. The Morgan fingerprint density at radius 1 is 1.17 bits per heavy atom. The highest BCUT2D eigenvalue weighted by atomic mass is 32.3. The molecule has 0 aliphatic carbocycles. The fourth-order valence-electron chi connectivity index (χ4n) is 4.40. The van der Waals surface area contributed by atoms with Gasteiger partial charge in [-0.05, 0) is 61.9 Å². The first-order valence-corrected chi connectivity index (χ1v) is 12.9. The highest BCUT2D eigenvalue weighted by Crippen LogP contribution is 2.50. The lowest BCUT2D eigenvalue weighted by Gasteiger charge is -2.30. The van der Waals surface area contributed by atoms with E-state index in [9.17, 15) is 18.3 Å². The van der Waals surface area contributed by atoms with Crippen molar-refractivity contribution in [3.05, 3.63) is 72.2 Å². The van der Waals surface area contributed by atoms with E-state index in [4.69, 9.17) is 9.84 Å². The van der Waals surface area contributed by atoms with Crippen LogP contribution in [0.3, 0.4) is 0 Å². The van der Waals surface area contributed by atoms with E-state index in [2.05, 4.69) is 10.3 Å². The van der Waals surface area contributed by atoms with Gasteiger partial charge in [-0.3, -0.25) is 13.9 Å². The molecule has 0 saturated carbocycles. The molecule has 182 valence electrons. The average molecular weight is 497 g/mol. The second-order valence-electron chi connectivity index (χ2n) is 8.97. The third kappa shape index (κ3) is 4.60. The Bertz CT molecular complexity index is 1420. The topological polar surface area (TPSA) is 110 Å². The van der Waals surface area contributed by atoms with Gasteiger partial charge in [0.2, 0.25) is 5.88 Å². The smallest absolute Gasteiger partial charge is 0.251 e. The van der Waals surface area contributed by atoms with Crippen molar-refractivity contribution >= 4 is 27.4 Å².